The molecule has 0 aliphatic carbocycles. The smallest absolute Gasteiger partial charge is 0.162 e. The van der Waals surface area contributed by atoms with Gasteiger partial charge in [0.05, 0.1) is 22.2 Å². The van der Waals surface area contributed by atoms with Crippen molar-refractivity contribution in [2.45, 2.75) is 0 Å². The van der Waals surface area contributed by atoms with Crippen molar-refractivity contribution in [2.75, 3.05) is 0 Å². The van der Waals surface area contributed by atoms with Gasteiger partial charge in [-0.2, -0.15) is 0 Å². The van der Waals surface area contributed by atoms with Gasteiger partial charge in [-0.15, -0.1) is 0 Å². The number of aromatic nitrogens is 6. The van der Waals surface area contributed by atoms with Crippen molar-refractivity contribution >= 4 is 33.0 Å². The first kappa shape index (κ1) is 12.3. The molecule has 0 fully saturated rings. The Bertz CT molecular complexity index is 1180. The summed E-state index contributed by atoms with van der Waals surface area (Å²) in [6.07, 6.45) is 7.19. The van der Waals surface area contributed by atoms with E-state index in [0.717, 1.165) is 44.2 Å². The second-order valence-electron chi connectivity index (χ2n) is 5.53. The summed E-state index contributed by atoms with van der Waals surface area (Å²) in [4.78, 5) is 17.8. The van der Waals surface area contributed by atoms with Crippen LogP contribution in [0.4, 0.5) is 0 Å². The maximum absolute atomic E-state index is 4.67. The molecular formula is C17H12N6. The minimum absolute atomic E-state index is 0.752. The van der Waals surface area contributed by atoms with Gasteiger partial charge in [-0.3, -0.25) is 14.6 Å². The van der Waals surface area contributed by atoms with E-state index in [9.17, 15) is 0 Å². The van der Waals surface area contributed by atoms with Gasteiger partial charge in [-0.25, -0.2) is 9.97 Å². The zero-order chi connectivity index (χ0) is 15.4. The highest BCUT2D eigenvalue weighted by atomic mass is 15.2. The predicted molar refractivity (Wildman–Crippen MR) is 88.9 cm³/mol. The Labute approximate surface area is 130 Å². The molecule has 6 heteroatoms. The second kappa shape index (κ2) is 4.36. The van der Waals surface area contributed by atoms with Crippen LogP contribution in [0.1, 0.15) is 0 Å². The number of fused-ring (bicyclic) bond motifs is 4. The number of H-pyrrole nitrogens is 1. The molecule has 1 N–H and O–H groups in total. The molecule has 1 aromatic carbocycles. The molecule has 0 atom stereocenters. The number of rotatable bonds is 1. The van der Waals surface area contributed by atoms with Crippen molar-refractivity contribution in [3.05, 3.63) is 49.1 Å². The third-order valence-electron chi connectivity index (χ3n) is 4.12. The standard InChI is InChI=1S/C17H12N6/c1-23-16-11(9-21-23)8-20-17-12(16)7-14(22-17)10-2-3-13-15(6-10)19-5-4-18-13/h2-9,21H,1H3. The minimum Gasteiger partial charge on any atom is -0.305 e. The second-order valence-corrected chi connectivity index (χ2v) is 5.53. The largest absolute Gasteiger partial charge is 0.305 e. The monoisotopic (exact) mass is 300 g/mol. The lowest BCUT2D eigenvalue weighted by Crippen LogP contribution is -1.89. The molecule has 0 saturated carbocycles. The fourth-order valence-electron chi connectivity index (χ4n) is 3.01. The lowest BCUT2D eigenvalue weighted by molar-refractivity contribution is 0.799. The Morgan fingerprint density at radius 1 is 1.00 bits per heavy atom. The van der Waals surface area contributed by atoms with Gasteiger partial charge in [0.25, 0.3) is 0 Å². The lowest BCUT2D eigenvalue weighted by Gasteiger charge is -1.99. The molecule has 0 saturated heterocycles. The van der Waals surface area contributed by atoms with E-state index in [2.05, 4.69) is 31.1 Å². The molecule has 5 rings (SSSR count). The van der Waals surface area contributed by atoms with Gasteiger partial charge in [-0.1, -0.05) is 6.07 Å². The maximum Gasteiger partial charge on any atom is 0.162 e. The normalized spacial score (nSPS) is 11.7. The van der Waals surface area contributed by atoms with Crippen molar-refractivity contribution in [3.8, 4) is 11.3 Å². The van der Waals surface area contributed by atoms with E-state index >= 15 is 0 Å². The minimum atomic E-state index is 0.752. The highest BCUT2D eigenvalue weighted by Gasteiger charge is 2.12. The van der Waals surface area contributed by atoms with E-state index < -0.39 is 0 Å². The molecule has 5 aromatic rings. The van der Waals surface area contributed by atoms with Gasteiger partial charge < -0.3 is 5.10 Å². The number of pyridine rings is 1. The lowest BCUT2D eigenvalue weighted by atomic mass is 10.1. The summed E-state index contributed by atoms with van der Waals surface area (Å²) in [5.41, 5.74) is 5.51. The molecule has 0 radical (unpaired) electrons. The van der Waals surface area contributed by atoms with Crippen LogP contribution in [0.25, 0.3) is 44.2 Å². The first-order valence-corrected chi connectivity index (χ1v) is 7.30. The number of nitrogens with zero attached hydrogens (tertiary/aromatic N) is 5. The number of aromatic amines is 1. The third kappa shape index (κ3) is 1.75. The molecule has 0 aliphatic heterocycles. The van der Waals surface area contributed by atoms with E-state index in [-0.39, 0.29) is 0 Å². The molecular weight excluding hydrogens is 288 g/mol. The summed E-state index contributed by atoms with van der Waals surface area (Å²) >= 11 is 0. The predicted octanol–water partition coefficient (Wildman–Crippen LogP) is 3.06. The quantitative estimate of drug-likeness (QED) is 0.516. The van der Waals surface area contributed by atoms with E-state index in [1.165, 1.54) is 0 Å². The van der Waals surface area contributed by atoms with E-state index in [0.29, 0.717) is 0 Å². The highest BCUT2D eigenvalue weighted by molar-refractivity contribution is 6.04. The maximum atomic E-state index is 4.67. The number of aryl methyl sites for hydroxylation is 1. The summed E-state index contributed by atoms with van der Waals surface area (Å²) in [5, 5.41) is 5.29. The van der Waals surface area contributed by atoms with Gasteiger partial charge in [0.15, 0.2) is 5.65 Å². The fraction of sp³-hybridized carbons (Fsp3) is 0.0588. The molecule has 6 nitrogen and oxygen atoms in total. The van der Waals surface area contributed by atoms with Crippen LogP contribution in [-0.4, -0.2) is 29.7 Å². The SMILES string of the molecule is Cn1[nH]cc2cnc3nc(-c4ccc5nccnc5c4)cc3c21. The number of hydrogen-bond donors (Lipinski definition) is 1. The van der Waals surface area contributed by atoms with Crippen LogP contribution in [0.2, 0.25) is 0 Å². The van der Waals surface area contributed by atoms with Gasteiger partial charge in [0.2, 0.25) is 0 Å². The highest BCUT2D eigenvalue weighted by Crippen LogP contribution is 2.29. The Morgan fingerprint density at radius 3 is 2.78 bits per heavy atom. The van der Waals surface area contributed by atoms with E-state index in [1.54, 1.807) is 12.4 Å². The van der Waals surface area contributed by atoms with Crippen LogP contribution in [0.15, 0.2) is 49.1 Å². The number of benzene rings is 1. The third-order valence-corrected chi connectivity index (χ3v) is 4.12. The number of nitrogens with one attached hydrogen (secondary N) is 1. The molecule has 4 aromatic heterocycles. The average Bonchev–Trinajstić information content (AvgIpc) is 3.18. The van der Waals surface area contributed by atoms with Crippen molar-refractivity contribution in [3.63, 3.8) is 0 Å². The summed E-state index contributed by atoms with van der Waals surface area (Å²) in [6, 6.07) is 8.08. The molecule has 0 unspecified atom stereocenters. The molecule has 0 spiro atoms. The fourth-order valence-corrected chi connectivity index (χ4v) is 3.01. The van der Waals surface area contributed by atoms with E-state index in [1.807, 2.05) is 42.3 Å². The summed E-state index contributed by atoms with van der Waals surface area (Å²) in [7, 11) is 1.99. The van der Waals surface area contributed by atoms with Crippen LogP contribution in [-0.2, 0) is 7.05 Å². The van der Waals surface area contributed by atoms with Gasteiger partial charge in [-0.05, 0) is 18.2 Å². The molecule has 4 heterocycles. The van der Waals surface area contributed by atoms with Crippen molar-refractivity contribution in [1.29, 1.82) is 0 Å². The van der Waals surface area contributed by atoms with Gasteiger partial charge >= 0.3 is 0 Å². The molecule has 23 heavy (non-hydrogen) atoms. The Balaban J connectivity index is 1.78. The van der Waals surface area contributed by atoms with E-state index in [4.69, 9.17) is 0 Å². The Morgan fingerprint density at radius 2 is 1.87 bits per heavy atom. The van der Waals surface area contributed by atoms with Crippen LogP contribution in [0, 0.1) is 0 Å². The van der Waals surface area contributed by atoms with Crippen LogP contribution >= 0.6 is 0 Å². The number of hydrogen-bond acceptors (Lipinski definition) is 4. The molecule has 0 bridgehead atoms. The first-order chi connectivity index (χ1) is 11.3. The zero-order valence-electron chi connectivity index (χ0n) is 12.4. The molecule has 0 amide bonds. The van der Waals surface area contributed by atoms with Crippen molar-refractivity contribution in [2.24, 2.45) is 7.05 Å². The van der Waals surface area contributed by atoms with Crippen molar-refractivity contribution < 1.29 is 0 Å². The first-order valence-electron chi connectivity index (χ1n) is 7.30. The average molecular weight is 300 g/mol. The summed E-state index contributed by atoms with van der Waals surface area (Å²) in [6.45, 7) is 0. The summed E-state index contributed by atoms with van der Waals surface area (Å²) < 4.78 is 1.98. The topological polar surface area (TPSA) is 72.3 Å². The van der Waals surface area contributed by atoms with Crippen LogP contribution in [0.3, 0.4) is 0 Å². The molecule has 110 valence electrons. The van der Waals surface area contributed by atoms with Gasteiger partial charge in [0, 0.05) is 48.2 Å². The summed E-state index contributed by atoms with van der Waals surface area (Å²) in [5.74, 6) is 0. The van der Waals surface area contributed by atoms with Crippen LogP contribution < -0.4 is 0 Å². The van der Waals surface area contributed by atoms with Gasteiger partial charge in [0.1, 0.15) is 0 Å². The van der Waals surface area contributed by atoms with Crippen molar-refractivity contribution in [1.82, 2.24) is 29.7 Å². The zero-order valence-corrected chi connectivity index (χ0v) is 12.4. The van der Waals surface area contributed by atoms with Crippen LogP contribution in [0.5, 0.6) is 0 Å². The Kier molecular flexibility index (Phi) is 2.33. The molecule has 0 aliphatic rings. The Hall–Kier alpha value is -3.28.